The summed E-state index contributed by atoms with van der Waals surface area (Å²) in [5.41, 5.74) is 6.16. The second kappa shape index (κ2) is 11.2. The van der Waals surface area contributed by atoms with Crippen LogP contribution in [0.1, 0.15) is 37.8 Å². The molecule has 34 heavy (non-hydrogen) atoms. The minimum atomic E-state index is -0.0794. The molecule has 0 saturated carbocycles. The van der Waals surface area contributed by atoms with Crippen LogP contribution in [-0.4, -0.2) is 38.1 Å². The van der Waals surface area contributed by atoms with Crippen LogP contribution in [-0.2, 0) is 13.0 Å². The first-order valence-electron chi connectivity index (χ1n) is 11.7. The number of anilines is 1. The molecule has 2 amide bonds. The van der Waals surface area contributed by atoms with E-state index in [9.17, 15) is 4.79 Å². The summed E-state index contributed by atoms with van der Waals surface area (Å²) in [5.74, 6) is 0.564. The SMILES string of the molecule is CCCCN(Cc1ccc(-c2ccccc2-c2nn[nH]n2)cc1)C(=O)Nc1ccc(CC)cc1. The number of carbonyl (C=O) groups is 1. The van der Waals surface area contributed by atoms with Crippen molar-refractivity contribution in [3.63, 3.8) is 0 Å². The zero-order valence-electron chi connectivity index (χ0n) is 19.7. The highest BCUT2D eigenvalue weighted by molar-refractivity contribution is 5.89. The molecule has 0 aliphatic heterocycles. The molecule has 4 aromatic rings. The summed E-state index contributed by atoms with van der Waals surface area (Å²) in [5, 5.41) is 17.5. The molecule has 7 nitrogen and oxygen atoms in total. The number of nitrogens with zero attached hydrogens (tertiary/aromatic N) is 4. The van der Waals surface area contributed by atoms with Crippen LogP contribution in [0.3, 0.4) is 0 Å². The van der Waals surface area contributed by atoms with Crippen LogP contribution in [0.25, 0.3) is 22.5 Å². The Balaban J connectivity index is 1.49. The molecule has 3 aromatic carbocycles. The van der Waals surface area contributed by atoms with Gasteiger partial charge in [-0.2, -0.15) is 5.21 Å². The van der Waals surface area contributed by atoms with E-state index in [2.05, 4.69) is 76.2 Å². The molecule has 0 radical (unpaired) electrons. The molecule has 1 aromatic heterocycles. The summed E-state index contributed by atoms with van der Waals surface area (Å²) >= 11 is 0. The summed E-state index contributed by atoms with van der Waals surface area (Å²) in [6.45, 7) is 5.51. The van der Waals surface area contributed by atoms with Crippen molar-refractivity contribution in [2.24, 2.45) is 0 Å². The van der Waals surface area contributed by atoms with Crippen molar-refractivity contribution in [2.45, 2.75) is 39.7 Å². The zero-order valence-corrected chi connectivity index (χ0v) is 19.7. The van der Waals surface area contributed by atoms with Gasteiger partial charge in [-0.05, 0) is 52.4 Å². The molecule has 174 valence electrons. The van der Waals surface area contributed by atoms with Crippen LogP contribution >= 0.6 is 0 Å². The van der Waals surface area contributed by atoms with Crippen molar-refractivity contribution < 1.29 is 4.79 Å². The number of urea groups is 1. The van der Waals surface area contributed by atoms with Crippen LogP contribution in [0.15, 0.2) is 72.8 Å². The van der Waals surface area contributed by atoms with E-state index in [1.165, 1.54) is 5.56 Å². The number of rotatable bonds is 9. The number of nitrogens with one attached hydrogen (secondary N) is 2. The van der Waals surface area contributed by atoms with Gasteiger partial charge in [0.15, 0.2) is 0 Å². The molecular formula is C27H30N6O. The fraction of sp³-hybridized carbons (Fsp3) is 0.259. The standard InChI is InChI=1S/C27H30N6O/c1-3-5-18-33(27(34)28-23-16-12-20(4-2)13-17-23)19-21-10-14-22(15-11-21)24-8-6-7-9-25(24)26-29-31-32-30-26/h6-17H,3-5,18-19H2,1-2H3,(H,28,34)(H,29,30,31,32). The first-order valence-corrected chi connectivity index (χ1v) is 11.7. The quantitative estimate of drug-likeness (QED) is 0.328. The largest absolute Gasteiger partial charge is 0.322 e. The lowest BCUT2D eigenvalue weighted by atomic mass is 9.98. The van der Waals surface area contributed by atoms with Gasteiger partial charge < -0.3 is 10.2 Å². The van der Waals surface area contributed by atoms with Gasteiger partial charge in [0.05, 0.1) is 0 Å². The average Bonchev–Trinajstić information content (AvgIpc) is 3.42. The Morgan fingerprint density at radius 1 is 0.912 bits per heavy atom. The van der Waals surface area contributed by atoms with E-state index in [0.29, 0.717) is 18.9 Å². The van der Waals surface area contributed by atoms with Crippen molar-refractivity contribution in [3.8, 4) is 22.5 Å². The molecule has 2 N–H and O–H groups in total. The molecule has 4 rings (SSSR count). The van der Waals surface area contributed by atoms with E-state index in [0.717, 1.165) is 47.2 Å². The maximum absolute atomic E-state index is 13.0. The summed E-state index contributed by atoms with van der Waals surface area (Å²) < 4.78 is 0. The van der Waals surface area contributed by atoms with Gasteiger partial charge in [0.25, 0.3) is 0 Å². The van der Waals surface area contributed by atoms with Crippen molar-refractivity contribution in [3.05, 3.63) is 83.9 Å². The van der Waals surface area contributed by atoms with E-state index < -0.39 is 0 Å². The third-order valence-electron chi connectivity index (χ3n) is 5.83. The molecule has 0 atom stereocenters. The highest BCUT2D eigenvalue weighted by Crippen LogP contribution is 2.30. The predicted molar refractivity (Wildman–Crippen MR) is 135 cm³/mol. The van der Waals surface area contributed by atoms with Gasteiger partial charge in [-0.1, -0.05) is 80.9 Å². The Morgan fingerprint density at radius 3 is 2.26 bits per heavy atom. The number of carbonyl (C=O) groups excluding carboxylic acids is 1. The number of aryl methyl sites for hydroxylation is 1. The van der Waals surface area contributed by atoms with E-state index in [1.54, 1.807) is 0 Å². The first-order chi connectivity index (χ1) is 16.7. The van der Waals surface area contributed by atoms with Crippen LogP contribution < -0.4 is 5.32 Å². The molecule has 1 heterocycles. The molecule has 0 unspecified atom stereocenters. The van der Waals surface area contributed by atoms with Crippen molar-refractivity contribution in [1.29, 1.82) is 0 Å². The minimum Gasteiger partial charge on any atom is -0.320 e. The lowest BCUT2D eigenvalue weighted by molar-refractivity contribution is 0.208. The van der Waals surface area contributed by atoms with Gasteiger partial charge >= 0.3 is 6.03 Å². The maximum Gasteiger partial charge on any atom is 0.322 e. The molecule has 0 saturated heterocycles. The van der Waals surface area contributed by atoms with Gasteiger partial charge in [-0.25, -0.2) is 4.79 Å². The number of H-pyrrole nitrogens is 1. The van der Waals surface area contributed by atoms with Crippen LogP contribution in [0.2, 0.25) is 0 Å². The van der Waals surface area contributed by atoms with Crippen LogP contribution in [0, 0.1) is 0 Å². The molecule has 0 spiro atoms. The summed E-state index contributed by atoms with van der Waals surface area (Å²) in [4.78, 5) is 14.9. The molecule has 0 bridgehead atoms. The monoisotopic (exact) mass is 454 g/mol. The highest BCUT2D eigenvalue weighted by atomic mass is 16.2. The lowest BCUT2D eigenvalue weighted by Gasteiger charge is -2.23. The fourth-order valence-electron chi connectivity index (χ4n) is 3.84. The second-order valence-corrected chi connectivity index (χ2v) is 8.23. The summed E-state index contributed by atoms with van der Waals surface area (Å²) in [6, 6.07) is 24.2. The van der Waals surface area contributed by atoms with E-state index in [4.69, 9.17) is 0 Å². The number of aromatic amines is 1. The summed E-state index contributed by atoms with van der Waals surface area (Å²) in [7, 11) is 0. The van der Waals surface area contributed by atoms with Crippen LogP contribution in [0.4, 0.5) is 10.5 Å². The second-order valence-electron chi connectivity index (χ2n) is 8.23. The topological polar surface area (TPSA) is 86.8 Å². The van der Waals surface area contributed by atoms with E-state index in [1.807, 2.05) is 41.3 Å². The normalized spacial score (nSPS) is 10.8. The molecule has 0 aliphatic rings. The van der Waals surface area contributed by atoms with Crippen molar-refractivity contribution >= 4 is 11.7 Å². The Labute approximate surface area is 200 Å². The Morgan fingerprint density at radius 2 is 1.62 bits per heavy atom. The summed E-state index contributed by atoms with van der Waals surface area (Å²) in [6.07, 6.45) is 2.96. The van der Waals surface area contributed by atoms with E-state index >= 15 is 0 Å². The van der Waals surface area contributed by atoms with Gasteiger partial charge in [-0.3, -0.25) is 0 Å². The maximum atomic E-state index is 13.0. The molecule has 0 aliphatic carbocycles. The Hall–Kier alpha value is -4.00. The minimum absolute atomic E-state index is 0.0794. The smallest absolute Gasteiger partial charge is 0.320 e. The van der Waals surface area contributed by atoms with Crippen molar-refractivity contribution in [2.75, 3.05) is 11.9 Å². The zero-order chi connectivity index (χ0) is 23.8. The predicted octanol–water partition coefficient (Wildman–Crippen LogP) is 5.93. The van der Waals surface area contributed by atoms with Crippen molar-refractivity contribution in [1.82, 2.24) is 25.5 Å². The highest BCUT2D eigenvalue weighted by Gasteiger charge is 2.15. The number of benzene rings is 3. The number of hydrogen-bond acceptors (Lipinski definition) is 4. The number of aromatic nitrogens is 4. The van der Waals surface area contributed by atoms with Gasteiger partial charge in [0, 0.05) is 24.3 Å². The number of unbranched alkanes of at least 4 members (excludes halogenated alkanes) is 1. The molecular weight excluding hydrogens is 424 g/mol. The Bertz CT molecular complexity index is 1190. The Kier molecular flexibility index (Phi) is 7.65. The third-order valence-corrected chi connectivity index (χ3v) is 5.83. The first kappa shape index (κ1) is 23.2. The van der Waals surface area contributed by atoms with Gasteiger partial charge in [-0.15, -0.1) is 10.2 Å². The van der Waals surface area contributed by atoms with Crippen LogP contribution in [0.5, 0.6) is 0 Å². The average molecular weight is 455 g/mol. The van der Waals surface area contributed by atoms with Gasteiger partial charge in [0.2, 0.25) is 5.82 Å². The lowest BCUT2D eigenvalue weighted by Crippen LogP contribution is -2.35. The fourth-order valence-corrected chi connectivity index (χ4v) is 3.84. The molecule has 0 fully saturated rings. The number of hydrogen-bond donors (Lipinski definition) is 2. The van der Waals surface area contributed by atoms with E-state index in [-0.39, 0.29) is 6.03 Å². The number of amides is 2. The molecule has 7 heteroatoms. The third kappa shape index (κ3) is 5.67. The number of tetrazole rings is 1. The van der Waals surface area contributed by atoms with Gasteiger partial charge in [0.1, 0.15) is 0 Å².